The van der Waals surface area contributed by atoms with Crippen molar-refractivity contribution in [1.82, 2.24) is 14.9 Å². The van der Waals surface area contributed by atoms with Crippen LogP contribution in [0.1, 0.15) is 48.0 Å². The molecule has 0 spiro atoms. The van der Waals surface area contributed by atoms with E-state index in [1.54, 1.807) is 36.6 Å². The zero-order chi connectivity index (χ0) is 22.6. The fourth-order valence-corrected chi connectivity index (χ4v) is 3.82. The second-order valence-corrected chi connectivity index (χ2v) is 10.2. The maximum Gasteiger partial charge on any atom is 0.262 e. The third kappa shape index (κ3) is 5.55. The van der Waals surface area contributed by atoms with E-state index < -0.39 is 10.8 Å². The van der Waals surface area contributed by atoms with Crippen LogP contribution in [0.25, 0.3) is 10.9 Å². The van der Waals surface area contributed by atoms with Crippen molar-refractivity contribution in [3.63, 3.8) is 0 Å². The number of thioether (sulfide) groups is 1. The first-order valence-electron chi connectivity index (χ1n) is 10.1. The van der Waals surface area contributed by atoms with Gasteiger partial charge in [0.15, 0.2) is 5.16 Å². The first kappa shape index (κ1) is 24.2. The number of fused-ring (bicyclic) bond motifs is 1. The molecule has 0 fully saturated rings. The number of rotatable bonds is 8. The Kier molecular flexibility index (Phi) is 7.95. The molecule has 1 aromatic carbocycles. The van der Waals surface area contributed by atoms with Crippen molar-refractivity contribution in [2.24, 2.45) is 11.8 Å². The molecule has 2 unspecified atom stereocenters. The van der Waals surface area contributed by atoms with Gasteiger partial charge in [0.25, 0.3) is 5.56 Å². The van der Waals surface area contributed by atoms with Crippen LogP contribution in [0.15, 0.2) is 28.2 Å². The first-order valence-corrected chi connectivity index (χ1v) is 11.3. The maximum absolute atomic E-state index is 13.1. The van der Waals surface area contributed by atoms with Gasteiger partial charge in [0, 0.05) is 11.6 Å². The average Bonchev–Trinajstić information content (AvgIpc) is 2.66. The molecule has 2 atom stereocenters. The van der Waals surface area contributed by atoms with Crippen LogP contribution >= 0.6 is 23.4 Å². The van der Waals surface area contributed by atoms with E-state index in [0.29, 0.717) is 33.5 Å². The molecule has 0 bridgehead atoms. The molecule has 0 aliphatic rings. The Morgan fingerprint density at radius 1 is 1.33 bits per heavy atom. The van der Waals surface area contributed by atoms with Crippen molar-refractivity contribution >= 4 is 40.2 Å². The standard InChI is InChI=1S/C22H29ClN4O2S/c1-13(2)9-10-27-20(29)17-8-7-16(23)11-18(17)25-21(27)30-15(5)19(28)26-22(6,12-24)14(3)4/h7-8,11,13-15H,9-10H2,1-6H3,(H,26,28). The molecule has 162 valence electrons. The molecule has 1 aromatic heterocycles. The van der Waals surface area contributed by atoms with Gasteiger partial charge in [-0.05, 0) is 50.3 Å². The highest BCUT2D eigenvalue weighted by Crippen LogP contribution is 2.26. The van der Waals surface area contributed by atoms with Crippen molar-refractivity contribution in [2.45, 2.75) is 70.5 Å². The summed E-state index contributed by atoms with van der Waals surface area (Å²) >= 11 is 7.30. The molecule has 0 aliphatic heterocycles. The van der Waals surface area contributed by atoms with Crippen LogP contribution < -0.4 is 10.9 Å². The lowest BCUT2D eigenvalue weighted by Crippen LogP contribution is -2.51. The summed E-state index contributed by atoms with van der Waals surface area (Å²) in [6.07, 6.45) is 0.814. The van der Waals surface area contributed by atoms with E-state index in [0.717, 1.165) is 6.42 Å². The number of amides is 1. The number of hydrogen-bond donors (Lipinski definition) is 1. The van der Waals surface area contributed by atoms with Crippen LogP contribution in [-0.4, -0.2) is 26.2 Å². The van der Waals surface area contributed by atoms with Crippen molar-refractivity contribution in [3.8, 4) is 6.07 Å². The van der Waals surface area contributed by atoms with E-state index in [-0.39, 0.29) is 17.4 Å². The Morgan fingerprint density at radius 2 is 2.00 bits per heavy atom. The van der Waals surface area contributed by atoms with E-state index >= 15 is 0 Å². The maximum atomic E-state index is 13.1. The Hall–Kier alpha value is -2.04. The molecule has 0 saturated carbocycles. The van der Waals surface area contributed by atoms with Crippen molar-refractivity contribution in [3.05, 3.63) is 33.6 Å². The zero-order valence-corrected chi connectivity index (χ0v) is 19.9. The number of nitriles is 1. The Morgan fingerprint density at radius 3 is 2.57 bits per heavy atom. The molecular formula is C22H29ClN4O2S. The van der Waals surface area contributed by atoms with E-state index in [4.69, 9.17) is 11.6 Å². The second kappa shape index (κ2) is 9.84. The van der Waals surface area contributed by atoms with E-state index in [2.05, 4.69) is 30.2 Å². The van der Waals surface area contributed by atoms with Gasteiger partial charge in [-0.3, -0.25) is 14.2 Å². The molecule has 6 nitrogen and oxygen atoms in total. The normalized spacial score (nSPS) is 14.5. The van der Waals surface area contributed by atoms with Crippen LogP contribution in [0.3, 0.4) is 0 Å². The number of nitrogens with one attached hydrogen (secondary N) is 1. The highest BCUT2D eigenvalue weighted by atomic mass is 35.5. The van der Waals surface area contributed by atoms with Gasteiger partial charge >= 0.3 is 0 Å². The van der Waals surface area contributed by atoms with Gasteiger partial charge in [0.05, 0.1) is 22.2 Å². The zero-order valence-electron chi connectivity index (χ0n) is 18.3. The summed E-state index contributed by atoms with van der Waals surface area (Å²) < 4.78 is 1.64. The van der Waals surface area contributed by atoms with Crippen LogP contribution in [0.2, 0.25) is 5.02 Å². The third-order valence-corrected chi connectivity index (χ3v) is 6.56. The molecule has 1 amide bonds. The minimum absolute atomic E-state index is 0.0474. The highest BCUT2D eigenvalue weighted by molar-refractivity contribution is 8.00. The van der Waals surface area contributed by atoms with Gasteiger partial charge in [-0.25, -0.2) is 4.98 Å². The van der Waals surface area contributed by atoms with Gasteiger partial charge in [-0.2, -0.15) is 5.26 Å². The van der Waals surface area contributed by atoms with Crippen LogP contribution in [0, 0.1) is 23.2 Å². The van der Waals surface area contributed by atoms with Gasteiger partial charge < -0.3 is 5.32 Å². The molecule has 2 aromatic rings. The van der Waals surface area contributed by atoms with Gasteiger partial charge in [-0.1, -0.05) is 51.1 Å². The van der Waals surface area contributed by atoms with Crippen LogP contribution in [-0.2, 0) is 11.3 Å². The second-order valence-electron chi connectivity index (χ2n) is 8.41. The van der Waals surface area contributed by atoms with Gasteiger partial charge in [-0.15, -0.1) is 0 Å². The van der Waals surface area contributed by atoms with Crippen LogP contribution in [0.5, 0.6) is 0 Å². The highest BCUT2D eigenvalue weighted by Gasteiger charge is 2.32. The van der Waals surface area contributed by atoms with Crippen LogP contribution in [0.4, 0.5) is 0 Å². The Bertz CT molecular complexity index is 1030. The molecule has 2 rings (SSSR count). The van der Waals surface area contributed by atoms with E-state index in [9.17, 15) is 14.9 Å². The summed E-state index contributed by atoms with van der Waals surface area (Å²) in [5.41, 5.74) is -0.600. The lowest BCUT2D eigenvalue weighted by Gasteiger charge is -2.28. The molecule has 8 heteroatoms. The topological polar surface area (TPSA) is 87.8 Å². The lowest BCUT2D eigenvalue weighted by molar-refractivity contribution is -0.121. The predicted octanol–water partition coefficient (Wildman–Crippen LogP) is 4.63. The fourth-order valence-electron chi connectivity index (χ4n) is 2.72. The summed E-state index contributed by atoms with van der Waals surface area (Å²) in [5.74, 6) is 0.0983. The molecule has 0 saturated heterocycles. The first-order chi connectivity index (χ1) is 14.0. The average molecular weight is 449 g/mol. The molecular weight excluding hydrogens is 420 g/mol. The smallest absolute Gasteiger partial charge is 0.262 e. The summed E-state index contributed by atoms with van der Waals surface area (Å²) in [7, 11) is 0. The number of carbonyl (C=O) groups excluding carboxylic acids is 1. The largest absolute Gasteiger partial charge is 0.337 e. The fraction of sp³-hybridized carbons (Fsp3) is 0.545. The molecule has 0 aliphatic carbocycles. The Balaban J connectivity index is 2.41. The Labute approximate surface area is 187 Å². The minimum Gasteiger partial charge on any atom is -0.337 e. The molecule has 0 radical (unpaired) electrons. The number of aromatic nitrogens is 2. The van der Waals surface area contributed by atoms with E-state index in [1.165, 1.54) is 11.8 Å². The SMILES string of the molecule is CC(C)CCn1c(SC(C)C(=O)NC(C)(C#N)C(C)C)nc2cc(Cl)ccc2c1=O. The summed E-state index contributed by atoms with van der Waals surface area (Å²) in [4.78, 5) is 30.5. The minimum atomic E-state index is -0.965. The lowest BCUT2D eigenvalue weighted by atomic mass is 9.90. The monoisotopic (exact) mass is 448 g/mol. The molecule has 1 N–H and O–H groups in total. The summed E-state index contributed by atoms with van der Waals surface area (Å²) in [6.45, 7) is 11.9. The number of carbonyl (C=O) groups is 1. The van der Waals surface area contributed by atoms with Crippen molar-refractivity contribution in [1.29, 1.82) is 5.26 Å². The predicted molar refractivity (Wildman–Crippen MR) is 123 cm³/mol. The van der Waals surface area contributed by atoms with Crippen molar-refractivity contribution < 1.29 is 4.79 Å². The number of halogens is 1. The van der Waals surface area contributed by atoms with Gasteiger partial charge in [0.2, 0.25) is 5.91 Å². The quantitative estimate of drug-likeness (QED) is 0.469. The summed E-state index contributed by atoms with van der Waals surface area (Å²) in [5, 5.41) is 13.3. The number of nitrogens with zero attached hydrogens (tertiary/aromatic N) is 3. The van der Waals surface area contributed by atoms with E-state index in [1.807, 2.05) is 13.8 Å². The summed E-state index contributed by atoms with van der Waals surface area (Å²) in [6, 6.07) is 7.21. The van der Waals surface area contributed by atoms with Gasteiger partial charge in [0.1, 0.15) is 5.54 Å². The number of hydrogen-bond acceptors (Lipinski definition) is 5. The van der Waals surface area contributed by atoms with Crippen molar-refractivity contribution in [2.75, 3.05) is 0 Å². The molecule has 1 heterocycles. The number of benzene rings is 1. The molecule has 30 heavy (non-hydrogen) atoms. The third-order valence-electron chi connectivity index (χ3n) is 5.23.